The molecule has 1 aliphatic heterocycles. The van der Waals surface area contributed by atoms with Crippen LogP contribution in [0.2, 0.25) is 0 Å². The minimum Gasteiger partial charge on any atom is -0.351 e. The Balaban J connectivity index is 1.66. The number of aromatic nitrogens is 4. The fourth-order valence-electron chi connectivity index (χ4n) is 5.45. The largest absolute Gasteiger partial charge is 0.351 e. The summed E-state index contributed by atoms with van der Waals surface area (Å²) in [7, 11) is 0. The lowest BCUT2D eigenvalue weighted by atomic mass is 9.85. The normalized spacial score (nSPS) is 16.9. The average molecular weight is 567 g/mol. The second-order valence-corrected chi connectivity index (χ2v) is 11.5. The quantitative estimate of drug-likeness (QED) is 0.322. The van der Waals surface area contributed by atoms with Gasteiger partial charge in [0.15, 0.2) is 0 Å². The van der Waals surface area contributed by atoms with Crippen molar-refractivity contribution in [2.45, 2.75) is 51.6 Å². The van der Waals surface area contributed by atoms with Gasteiger partial charge in [0.25, 0.3) is 5.91 Å². The summed E-state index contributed by atoms with van der Waals surface area (Å²) >= 11 is 0. The summed E-state index contributed by atoms with van der Waals surface area (Å²) < 4.78 is 0. The molecule has 1 aliphatic rings. The number of nitrogens with zero attached hydrogens (tertiary/aromatic N) is 5. The number of tetrazole rings is 1. The Morgan fingerprint density at radius 2 is 1.83 bits per heavy atom. The second-order valence-electron chi connectivity index (χ2n) is 11.5. The number of nitrogens with one attached hydrogen (secondary N) is 2. The minimum absolute atomic E-state index is 0.222. The molecule has 0 saturated carbocycles. The van der Waals surface area contributed by atoms with E-state index in [1.165, 1.54) is 9.80 Å². The minimum atomic E-state index is -1.02. The van der Waals surface area contributed by atoms with Crippen LogP contribution >= 0.6 is 0 Å². The zero-order chi connectivity index (χ0) is 30.0. The second kappa shape index (κ2) is 11.4. The number of hydrogen-bond acceptors (Lipinski definition) is 6. The van der Waals surface area contributed by atoms with Crippen LogP contribution in [0.4, 0.5) is 16.2 Å². The van der Waals surface area contributed by atoms with Crippen LogP contribution < -0.4 is 20.9 Å². The number of fused-ring (bicyclic) bond motifs is 1. The molecule has 0 fully saturated rings. The maximum absolute atomic E-state index is 14.6. The number of aromatic amines is 1. The van der Waals surface area contributed by atoms with Crippen molar-refractivity contribution in [3.63, 3.8) is 0 Å². The van der Waals surface area contributed by atoms with E-state index in [0.717, 1.165) is 16.7 Å². The van der Waals surface area contributed by atoms with Crippen molar-refractivity contribution in [2.75, 3.05) is 16.3 Å². The van der Waals surface area contributed by atoms with E-state index in [1.54, 1.807) is 24.3 Å². The first-order valence-corrected chi connectivity index (χ1v) is 13.7. The molecule has 0 saturated heterocycles. The van der Waals surface area contributed by atoms with E-state index in [0.29, 0.717) is 22.8 Å². The van der Waals surface area contributed by atoms with Gasteiger partial charge in [0.2, 0.25) is 11.7 Å². The number of rotatable bonds is 6. The van der Waals surface area contributed by atoms with Gasteiger partial charge < -0.3 is 16.0 Å². The molecule has 3 aromatic carbocycles. The Labute approximate surface area is 244 Å². The molecule has 2 atom stereocenters. The highest BCUT2D eigenvalue weighted by atomic mass is 16.2. The van der Waals surface area contributed by atoms with Gasteiger partial charge >= 0.3 is 6.03 Å². The monoisotopic (exact) mass is 566 g/mol. The number of aryl methyl sites for hydroxylation is 1. The highest BCUT2D eigenvalue weighted by molar-refractivity contribution is 6.08. The van der Waals surface area contributed by atoms with Gasteiger partial charge in [0.1, 0.15) is 12.6 Å². The van der Waals surface area contributed by atoms with Gasteiger partial charge in [-0.25, -0.2) is 4.79 Å². The Bertz CT molecular complexity index is 1600. The molecule has 4 N–H and O–H groups in total. The molecule has 2 unspecified atom stereocenters. The van der Waals surface area contributed by atoms with Crippen molar-refractivity contribution in [3.05, 3.63) is 89.5 Å². The first-order valence-electron chi connectivity index (χ1n) is 13.7. The molecule has 5 rings (SSSR count). The Morgan fingerprint density at radius 3 is 2.50 bits per heavy atom. The summed E-state index contributed by atoms with van der Waals surface area (Å²) in [6.45, 7) is 7.37. The lowest BCUT2D eigenvalue weighted by Crippen LogP contribution is -2.55. The maximum atomic E-state index is 14.6. The number of benzene rings is 3. The van der Waals surface area contributed by atoms with Crippen molar-refractivity contribution in [1.29, 1.82) is 0 Å². The van der Waals surface area contributed by atoms with E-state index in [-0.39, 0.29) is 24.8 Å². The molecule has 216 valence electrons. The van der Waals surface area contributed by atoms with E-state index in [4.69, 9.17) is 5.73 Å². The predicted octanol–water partition coefficient (Wildman–Crippen LogP) is 3.91. The standard InChI is InChI=1S/C31H34N8O3/c1-19-13-14-23-24(20-9-6-5-7-10-20)17-26(29(41)38(25(23)15-19)18-27(40)33-31(2,3)4)39(30(32)42)22-12-8-11-21(16-22)28-34-36-37-35-28/h5-16,24,26H,17-18H2,1-4H3,(H2,32,42)(H,33,40)(H,34,35,36,37). The number of nitrogens with two attached hydrogens (primary N) is 1. The maximum Gasteiger partial charge on any atom is 0.320 e. The van der Waals surface area contributed by atoms with Crippen molar-refractivity contribution in [2.24, 2.45) is 5.73 Å². The molecule has 0 radical (unpaired) electrons. The number of anilines is 2. The molecule has 0 spiro atoms. The third-order valence-corrected chi connectivity index (χ3v) is 7.16. The van der Waals surface area contributed by atoms with Gasteiger partial charge in [-0.05, 0) is 74.2 Å². The Morgan fingerprint density at radius 1 is 1.07 bits per heavy atom. The zero-order valence-electron chi connectivity index (χ0n) is 24.0. The first kappa shape index (κ1) is 28.5. The molecule has 4 amide bonds. The van der Waals surface area contributed by atoms with Gasteiger partial charge in [0, 0.05) is 28.4 Å². The summed E-state index contributed by atoms with van der Waals surface area (Å²) in [5, 5.41) is 17.1. The average Bonchev–Trinajstić information content (AvgIpc) is 3.45. The number of hydrogen-bond donors (Lipinski definition) is 3. The number of primary amides is 1. The van der Waals surface area contributed by atoms with Crippen molar-refractivity contribution in [3.8, 4) is 11.4 Å². The van der Waals surface area contributed by atoms with E-state index in [9.17, 15) is 14.4 Å². The lowest BCUT2D eigenvalue weighted by molar-refractivity contribution is -0.125. The van der Waals surface area contributed by atoms with Gasteiger partial charge in [-0.1, -0.05) is 54.6 Å². The van der Waals surface area contributed by atoms with Crippen LogP contribution in [0.25, 0.3) is 11.4 Å². The van der Waals surface area contributed by atoms with Crippen LogP contribution in [-0.2, 0) is 9.59 Å². The molecular weight excluding hydrogens is 532 g/mol. The van der Waals surface area contributed by atoms with E-state index >= 15 is 0 Å². The first-order chi connectivity index (χ1) is 20.0. The number of urea groups is 1. The molecule has 11 nitrogen and oxygen atoms in total. The molecule has 1 aromatic heterocycles. The number of carbonyl (C=O) groups is 3. The van der Waals surface area contributed by atoms with Gasteiger partial charge in [0.05, 0.1) is 0 Å². The molecule has 2 heterocycles. The number of carbonyl (C=O) groups excluding carboxylic acids is 3. The molecule has 42 heavy (non-hydrogen) atoms. The van der Waals surface area contributed by atoms with Crippen molar-refractivity contribution >= 4 is 29.2 Å². The van der Waals surface area contributed by atoms with Gasteiger partial charge in [-0.2, -0.15) is 5.21 Å². The van der Waals surface area contributed by atoms with Crippen LogP contribution in [0, 0.1) is 6.92 Å². The number of amides is 4. The summed E-state index contributed by atoms with van der Waals surface area (Å²) in [5.74, 6) is -0.661. The van der Waals surface area contributed by atoms with Crippen LogP contribution in [0.5, 0.6) is 0 Å². The predicted molar refractivity (Wildman–Crippen MR) is 160 cm³/mol. The fraction of sp³-hybridized carbons (Fsp3) is 0.290. The molecule has 11 heteroatoms. The molecule has 0 aliphatic carbocycles. The van der Waals surface area contributed by atoms with E-state index < -0.39 is 23.5 Å². The highest BCUT2D eigenvalue weighted by Crippen LogP contribution is 2.41. The Kier molecular flexibility index (Phi) is 7.75. The number of H-pyrrole nitrogens is 1. The van der Waals surface area contributed by atoms with E-state index in [2.05, 4.69) is 25.9 Å². The molecule has 4 aromatic rings. The molecular formula is C31H34N8O3. The Hall–Kier alpha value is -5.06. The van der Waals surface area contributed by atoms with Crippen molar-refractivity contribution < 1.29 is 14.4 Å². The topological polar surface area (TPSA) is 150 Å². The summed E-state index contributed by atoms with van der Waals surface area (Å²) in [6, 6.07) is 20.8. The summed E-state index contributed by atoms with van der Waals surface area (Å²) in [5.41, 5.74) is 9.94. The van der Waals surface area contributed by atoms with Crippen LogP contribution in [0.3, 0.4) is 0 Å². The van der Waals surface area contributed by atoms with Crippen LogP contribution in [0.15, 0.2) is 72.8 Å². The third-order valence-electron chi connectivity index (χ3n) is 7.16. The van der Waals surface area contributed by atoms with Crippen LogP contribution in [-0.4, -0.2) is 56.6 Å². The molecule has 0 bridgehead atoms. The highest BCUT2D eigenvalue weighted by Gasteiger charge is 2.41. The van der Waals surface area contributed by atoms with E-state index in [1.807, 2.05) is 76.2 Å². The van der Waals surface area contributed by atoms with Gasteiger partial charge in [-0.3, -0.25) is 14.5 Å². The third kappa shape index (κ3) is 5.99. The zero-order valence-corrected chi connectivity index (χ0v) is 24.0. The smallest absolute Gasteiger partial charge is 0.320 e. The van der Waals surface area contributed by atoms with Crippen molar-refractivity contribution in [1.82, 2.24) is 25.9 Å². The van der Waals surface area contributed by atoms with Gasteiger partial charge in [-0.15, -0.1) is 10.2 Å². The summed E-state index contributed by atoms with van der Waals surface area (Å²) in [4.78, 5) is 43.8. The fourth-order valence-corrected chi connectivity index (χ4v) is 5.45. The lowest BCUT2D eigenvalue weighted by Gasteiger charge is -2.33. The van der Waals surface area contributed by atoms with Crippen LogP contribution in [0.1, 0.15) is 49.8 Å². The SMILES string of the molecule is Cc1ccc2c(c1)N(CC(=O)NC(C)(C)C)C(=O)C(N(C(N)=O)c1cccc(-c3nn[nH]n3)c1)CC2c1ccccc1. The summed E-state index contributed by atoms with van der Waals surface area (Å²) in [6.07, 6.45) is 0.242.